The number of hydrogen-bond acceptors (Lipinski definition) is 4. The molecule has 4 aromatic rings. The fraction of sp³-hybridized carbons (Fsp3) is 0.214. The lowest BCUT2D eigenvalue weighted by Crippen LogP contribution is -2.17. The number of Topliss-reactive ketones (excluding diaryl/α,β-unsaturated/α-hetero) is 1. The summed E-state index contributed by atoms with van der Waals surface area (Å²) in [7, 11) is 0. The minimum absolute atomic E-state index is 0.0588. The Hall–Kier alpha value is -3.66. The van der Waals surface area contributed by atoms with Crippen LogP contribution < -0.4 is 10.2 Å². The molecule has 0 spiro atoms. The van der Waals surface area contributed by atoms with Crippen molar-refractivity contribution in [3.63, 3.8) is 0 Å². The minimum Gasteiger partial charge on any atom is -0.478 e. The van der Waals surface area contributed by atoms with Crippen LogP contribution in [0.5, 0.6) is 5.75 Å². The van der Waals surface area contributed by atoms with Gasteiger partial charge >= 0.3 is 0 Å². The number of aryl methyl sites for hydroxylation is 5. The molecule has 4 nitrogen and oxygen atoms in total. The second-order valence-electron chi connectivity index (χ2n) is 8.42. The summed E-state index contributed by atoms with van der Waals surface area (Å²) in [5.41, 5.74) is 6.62. The number of ether oxygens (including phenoxy) is 1. The van der Waals surface area contributed by atoms with Gasteiger partial charge in [0.25, 0.3) is 0 Å². The molecule has 0 amide bonds. The average molecular weight is 427 g/mol. The number of carbonyl (C=O) groups excluding carboxylic acids is 1. The third-order valence-corrected chi connectivity index (χ3v) is 5.77. The van der Waals surface area contributed by atoms with Gasteiger partial charge in [-0.05, 0) is 69.0 Å². The zero-order valence-electron chi connectivity index (χ0n) is 19.0. The number of fused-ring (bicyclic) bond motifs is 1. The van der Waals surface area contributed by atoms with Gasteiger partial charge in [-0.3, -0.25) is 9.59 Å². The molecule has 1 heterocycles. The molecule has 0 saturated heterocycles. The third kappa shape index (κ3) is 4.09. The standard InChI is InChI=1S/C28H26O4/c1-16-6-9-21(10-7-16)27-28(25(30)23-13-17(2)12-20(5)26(23)32-27)31-15-24(29)22-11-8-18(3)19(4)14-22/h6-14H,15H2,1-5H3. The SMILES string of the molecule is Cc1ccc(-c2oc3c(C)cc(C)cc3c(=O)c2OCC(=O)c2ccc(C)c(C)c2)cc1. The number of ketones is 1. The van der Waals surface area contributed by atoms with Gasteiger partial charge in [-0.25, -0.2) is 0 Å². The summed E-state index contributed by atoms with van der Waals surface area (Å²) in [5.74, 6) is 0.203. The zero-order chi connectivity index (χ0) is 23.0. The van der Waals surface area contributed by atoms with E-state index in [9.17, 15) is 9.59 Å². The van der Waals surface area contributed by atoms with Gasteiger partial charge in [0.1, 0.15) is 5.58 Å². The van der Waals surface area contributed by atoms with Crippen molar-refractivity contribution < 1.29 is 13.9 Å². The van der Waals surface area contributed by atoms with Crippen LogP contribution in [0.25, 0.3) is 22.3 Å². The fourth-order valence-corrected chi connectivity index (χ4v) is 3.79. The molecule has 32 heavy (non-hydrogen) atoms. The number of hydrogen-bond donors (Lipinski definition) is 0. The van der Waals surface area contributed by atoms with Crippen molar-refractivity contribution in [1.29, 1.82) is 0 Å². The van der Waals surface area contributed by atoms with Gasteiger partial charge in [0.15, 0.2) is 18.2 Å². The Morgan fingerprint density at radius 2 is 1.53 bits per heavy atom. The zero-order valence-corrected chi connectivity index (χ0v) is 19.0. The van der Waals surface area contributed by atoms with Gasteiger partial charge in [-0.2, -0.15) is 0 Å². The molecule has 0 aliphatic rings. The van der Waals surface area contributed by atoms with Crippen LogP contribution in [0.15, 0.2) is 63.8 Å². The average Bonchev–Trinajstić information content (AvgIpc) is 2.76. The van der Waals surface area contributed by atoms with Crippen molar-refractivity contribution in [2.75, 3.05) is 6.61 Å². The molecule has 3 aromatic carbocycles. The largest absolute Gasteiger partial charge is 0.478 e. The Kier molecular flexibility index (Phi) is 5.70. The predicted octanol–water partition coefficient (Wildman–Crippen LogP) is 6.26. The van der Waals surface area contributed by atoms with Gasteiger partial charge in [0, 0.05) is 11.1 Å². The summed E-state index contributed by atoms with van der Waals surface area (Å²) in [6, 6.07) is 17.0. The van der Waals surface area contributed by atoms with Crippen LogP contribution in [0, 0.1) is 34.6 Å². The highest BCUT2D eigenvalue weighted by Gasteiger charge is 2.20. The van der Waals surface area contributed by atoms with Crippen molar-refractivity contribution in [3.8, 4) is 17.1 Å². The van der Waals surface area contributed by atoms with Crippen LogP contribution in [-0.4, -0.2) is 12.4 Å². The minimum atomic E-state index is -0.276. The summed E-state index contributed by atoms with van der Waals surface area (Å²) in [5, 5.41) is 0.451. The van der Waals surface area contributed by atoms with E-state index in [0.29, 0.717) is 22.3 Å². The Bertz CT molecular complexity index is 1390. The van der Waals surface area contributed by atoms with E-state index in [4.69, 9.17) is 9.15 Å². The molecule has 0 fully saturated rings. The molecule has 4 heteroatoms. The molecule has 162 valence electrons. The maximum absolute atomic E-state index is 13.4. The molecular formula is C28H26O4. The molecule has 0 bridgehead atoms. The monoisotopic (exact) mass is 426 g/mol. The van der Waals surface area contributed by atoms with Gasteiger partial charge in [0.05, 0.1) is 5.39 Å². The second-order valence-corrected chi connectivity index (χ2v) is 8.42. The highest BCUT2D eigenvalue weighted by molar-refractivity contribution is 5.97. The van der Waals surface area contributed by atoms with Crippen LogP contribution in [-0.2, 0) is 0 Å². The molecule has 1 aromatic heterocycles. The topological polar surface area (TPSA) is 56.5 Å². The molecule has 0 unspecified atom stereocenters. The Labute approximate surface area is 187 Å². The lowest BCUT2D eigenvalue weighted by atomic mass is 10.0. The Morgan fingerprint density at radius 1 is 0.812 bits per heavy atom. The van der Waals surface area contributed by atoms with Gasteiger partial charge in [-0.15, -0.1) is 0 Å². The van der Waals surface area contributed by atoms with Crippen LogP contribution in [0.1, 0.15) is 38.2 Å². The summed E-state index contributed by atoms with van der Waals surface area (Å²) in [6.07, 6.45) is 0. The lowest BCUT2D eigenvalue weighted by Gasteiger charge is -2.13. The number of benzene rings is 3. The van der Waals surface area contributed by atoms with E-state index in [1.807, 2.05) is 77.1 Å². The molecule has 0 atom stereocenters. The maximum Gasteiger partial charge on any atom is 0.235 e. The third-order valence-electron chi connectivity index (χ3n) is 5.77. The van der Waals surface area contributed by atoms with Crippen molar-refractivity contribution in [3.05, 3.63) is 98.2 Å². The van der Waals surface area contributed by atoms with Gasteiger partial charge < -0.3 is 9.15 Å². The summed E-state index contributed by atoms with van der Waals surface area (Å²) >= 11 is 0. The molecule has 0 aliphatic carbocycles. The van der Waals surface area contributed by atoms with Crippen LogP contribution in [0.4, 0.5) is 0 Å². The highest BCUT2D eigenvalue weighted by Crippen LogP contribution is 2.32. The summed E-state index contributed by atoms with van der Waals surface area (Å²) < 4.78 is 12.1. The number of rotatable bonds is 5. The molecular weight excluding hydrogens is 400 g/mol. The summed E-state index contributed by atoms with van der Waals surface area (Å²) in [4.78, 5) is 26.2. The van der Waals surface area contributed by atoms with Crippen LogP contribution in [0.2, 0.25) is 0 Å². The van der Waals surface area contributed by atoms with E-state index in [1.165, 1.54) is 0 Å². The van der Waals surface area contributed by atoms with Crippen LogP contribution in [0.3, 0.4) is 0 Å². The highest BCUT2D eigenvalue weighted by atomic mass is 16.5. The first-order valence-corrected chi connectivity index (χ1v) is 10.6. The van der Waals surface area contributed by atoms with Gasteiger partial charge in [-0.1, -0.05) is 48.0 Å². The van der Waals surface area contributed by atoms with E-state index in [1.54, 1.807) is 12.1 Å². The first-order chi connectivity index (χ1) is 15.2. The van der Waals surface area contributed by atoms with Crippen molar-refractivity contribution >= 4 is 16.8 Å². The van der Waals surface area contributed by atoms with Crippen molar-refractivity contribution in [2.24, 2.45) is 0 Å². The second kappa shape index (κ2) is 8.46. The van der Waals surface area contributed by atoms with Crippen LogP contribution >= 0.6 is 0 Å². The van der Waals surface area contributed by atoms with E-state index < -0.39 is 0 Å². The Balaban J connectivity index is 1.81. The molecule has 0 aliphatic heterocycles. The molecule has 4 rings (SSSR count). The first-order valence-electron chi connectivity index (χ1n) is 10.6. The predicted molar refractivity (Wildman–Crippen MR) is 128 cm³/mol. The van der Waals surface area contributed by atoms with E-state index in [2.05, 4.69) is 0 Å². The lowest BCUT2D eigenvalue weighted by molar-refractivity contribution is 0.0920. The van der Waals surface area contributed by atoms with E-state index in [-0.39, 0.29) is 23.6 Å². The smallest absolute Gasteiger partial charge is 0.235 e. The normalized spacial score (nSPS) is 11.0. The van der Waals surface area contributed by atoms with Crippen molar-refractivity contribution in [1.82, 2.24) is 0 Å². The summed E-state index contributed by atoms with van der Waals surface area (Å²) in [6.45, 7) is 9.56. The number of carbonyl (C=O) groups is 1. The fourth-order valence-electron chi connectivity index (χ4n) is 3.79. The Morgan fingerprint density at radius 3 is 2.22 bits per heavy atom. The van der Waals surface area contributed by atoms with E-state index >= 15 is 0 Å². The molecule has 0 saturated carbocycles. The maximum atomic E-state index is 13.4. The molecule has 0 radical (unpaired) electrons. The van der Waals surface area contributed by atoms with Gasteiger partial charge in [0.2, 0.25) is 11.2 Å². The van der Waals surface area contributed by atoms with Crippen molar-refractivity contribution in [2.45, 2.75) is 34.6 Å². The molecule has 0 N–H and O–H groups in total. The quantitative estimate of drug-likeness (QED) is 0.353. The van der Waals surface area contributed by atoms with E-state index in [0.717, 1.165) is 33.4 Å². The first kappa shape index (κ1) is 21.6.